The van der Waals surface area contributed by atoms with Crippen LogP contribution in [-0.4, -0.2) is 45.8 Å². The van der Waals surface area contributed by atoms with Crippen molar-refractivity contribution in [1.82, 2.24) is 20.0 Å². The van der Waals surface area contributed by atoms with Gasteiger partial charge in [0, 0.05) is 30.6 Å². The SMILES string of the molecule is Cc1nn(Cc2ccccc2)c2sc(C(=O)NCCN(C(C)C)C(C)C)cc12. The molecule has 3 aromatic rings. The molecule has 28 heavy (non-hydrogen) atoms. The molecule has 5 nitrogen and oxygen atoms in total. The van der Waals surface area contributed by atoms with E-state index in [1.54, 1.807) is 0 Å². The summed E-state index contributed by atoms with van der Waals surface area (Å²) in [6.45, 7) is 13.0. The molecule has 0 fully saturated rings. The molecule has 6 heteroatoms. The van der Waals surface area contributed by atoms with Crippen molar-refractivity contribution in [3.8, 4) is 0 Å². The second-order valence-electron chi connectivity index (χ2n) is 7.74. The van der Waals surface area contributed by atoms with E-state index in [4.69, 9.17) is 0 Å². The molecule has 0 saturated heterocycles. The number of fused-ring (bicyclic) bond motifs is 1. The molecule has 1 aromatic carbocycles. The van der Waals surface area contributed by atoms with Gasteiger partial charge in [0.15, 0.2) is 0 Å². The van der Waals surface area contributed by atoms with Crippen LogP contribution in [-0.2, 0) is 6.54 Å². The predicted octanol–water partition coefficient (Wildman–Crippen LogP) is 4.30. The Labute approximate surface area is 171 Å². The van der Waals surface area contributed by atoms with Gasteiger partial charge in [-0.1, -0.05) is 30.3 Å². The highest BCUT2D eigenvalue weighted by atomic mass is 32.1. The number of carbonyl (C=O) groups is 1. The quantitative estimate of drug-likeness (QED) is 0.615. The summed E-state index contributed by atoms with van der Waals surface area (Å²) in [5.74, 6) is -0.000627. The predicted molar refractivity (Wildman–Crippen MR) is 117 cm³/mol. The van der Waals surface area contributed by atoms with E-state index in [1.807, 2.05) is 35.9 Å². The van der Waals surface area contributed by atoms with E-state index in [9.17, 15) is 4.79 Å². The van der Waals surface area contributed by atoms with Gasteiger partial charge >= 0.3 is 0 Å². The number of nitrogens with zero attached hydrogens (tertiary/aromatic N) is 3. The van der Waals surface area contributed by atoms with E-state index in [2.05, 4.69) is 55.1 Å². The number of benzene rings is 1. The first-order chi connectivity index (χ1) is 13.4. The molecule has 2 aromatic heterocycles. The van der Waals surface area contributed by atoms with Crippen LogP contribution in [0.1, 0.15) is 48.6 Å². The fourth-order valence-corrected chi connectivity index (χ4v) is 4.66. The fraction of sp³-hybridized carbons (Fsp3) is 0.455. The number of thiophene rings is 1. The third kappa shape index (κ3) is 4.62. The first-order valence-corrected chi connectivity index (χ1v) is 10.7. The highest BCUT2D eigenvalue weighted by molar-refractivity contribution is 7.20. The Morgan fingerprint density at radius 2 is 1.86 bits per heavy atom. The van der Waals surface area contributed by atoms with E-state index in [0.717, 1.165) is 27.3 Å². The number of aryl methyl sites for hydroxylation is 1. The molecule has 1 N–H and O–H groups in total. The maximum Gasteiger partial charge on any atom is 0.261 e. The molecule has 2 heterocycles. The third-order valence-electron chi connectivity index (χ3n) is 4.99. The molecule has 0 radical (unpaired) electrons. The van der Waals surface area contributed by atoms with Crippen LogP contribution in [0.25, 0.3) is 10.2 Å². The van der Waals surface area contributed by atoms with Crippen LogP contribution in [0, 0.1) is 6.92 Å². The van der Waals surface area contributed by atoms with E-state index >= 15 is 0 Å². The summed E-state index contributed by atoms with van der Waals surface area (Å²) in [6, 6.07) is 13.2. The minimum Gasteiger partial charge on any atom is -0.350 e. The molecule has 0 aliphatic heterocycles. The molecular formula is C22H30N4OS. The normalized spacial score (nSPS) is 11.9. The highest BCUT2D eigenvalue weighted by Crippen LogP contribution is 2.28. The average Bonchev–Trinajstić information content (AvgIpc) is 3.20. The Hall–Kier alpha value is -2.18. The van der Waals surface area contributed by atoms with E-state index in [0.29, 0.717) is 25.2 Å². The van der Waals surface area contributed by atoms with Gasteiger partial charge in [0.25, 0.3) is 5.91 Å². The molecule has 0 saturated carbocycles. The molecule has 0 bridgehead atoms. The molecule has 0 spiro atoms. The Balaban J connectivity index is 1.70. The second kappa shape index (κ2) is 8.88. The lowest BCUT2D eigenvalue weighted by atomic mass is 10.2. The summed E-state index contributed by atoms with van der Waals surface area (Å²) < 4.78 is 2.00. The van der Waals surface area contributed by atoms with Gasteiger partial charge in [0.05, 0.1) is 17.1 Å². The number of hydrogen-bond acceptors (Lipinski definition) is 4. The molecule has 0 unspecified atom stereocenters. The van der Waals surface area contributed by atoms with Crippen LogP contribution in [0.4, 0.5) is 0 Å². The molecule has 150 valence electrons. The summed E-state index contributed by atoms with van der Waals surface area (Å²) in [5, 5.41) is 8.80. The van der Waals surface area contributed by atoms with Crippen molar-refractivity contribution in [2.24, 2.45) is 0 Å². The molecule has 0 atom stereocenters. The van der Waals surface area contributed by atoms with Gasteiger partial charge in [-0.25, -0.2) is 0 Å². The van der Waals surface area contributed by atoms with Crippen LogP contribution in [0.15, 0.2) is 36.4 Å². The smallest absolute Gasteiger partial charge is 0.261 e. The average molecular weight is 399 g/mol. The number of amides is 1. The van der Waals surface area contributed by atoms with Crippen molar-refractivity contribution in [2.75, 3.05) is 13.1 Å². The summed E-state index contributed by atoms with van der Waals surface area (Å²) in [4.78, 5) is 16.8. The van der Waals surface area contributed by atoms with Crippen LogP contribution in [0.5, 0.6) is 0 Å². The van der Waals surface area contributed by atoms with Crippen LogP contribution in [0.2, 0.25) is 0 Å². The minimum absolute atomic E-state index is 0.000627. The van der Waals surface area contributed by atoms with Gasteiger partial charge in [-0.2, -0.15) is 5.10 Å². The standard InChI is InChI=1S/C22H30N4OS/c1-15(2)25(16(3)4)12-11-23-21(27)20-13-19-17(5)24-26(22(19)28-20)14-18-9-7-6-8-10-18/h6-10,13,15-16H,11-12,14H2,1-5H3,(H,23,27). The van der Waals surface area contributed by atoms with Gasteiger partial charge < -0.3 is 5.32 Å². The molecule has 3 rings (SSSR count). The monoisotopic (exact) mass is 398 g/mol. The number of nitrogens with one attached hydrogen (secondary N) is 1. The lowest BCUT2D eigenvalue weighted by Crippen LogP contribution is -2.42. The Morgan fingerprint density at radius 3 is 2.50 bits per heavy atom. The highest BCUT2D eigenvalue weighted by Gasteiger charge is 2.17. The number of hydrogen-bond donors (Lipinski definition) is 1. The van der Waals surface area contributed by atoms with Gasteiger partial charge in [-0.3, -0.25) is 14.4 Å². The zero-order valence-corrected chi connectivity index (χ0v) is 18.2. The Morgan fingerprint density at radius 1 is 1.18 bits per heavy atom. The van der Waals surface area contributed by atoms with Gasteiger partial charge in [-0.05, 0) is 46.2 Å². The second-order valence-corrected chi connectivity index (χ2v) is 8.77. The van der Waals surface area contributed by atoms with Crippen molar-refractivity contribution in [3.05, 3.63) is 52.5 Å². The summed E-state index contributed by atoms with van der Waals surface area (Å²) in [6.07, 6.45) is 0. The van der Waals surface area contributed by atoms with Crippen LogP contribution in [0.3, 0.4) is 0 Å². The minimum atomic E-state index is -0.000627. The lowest BCUT2D eigenvalue weighted by Gasteiger charge is -2.30. The summed E-state index contributed by atoms with van der Waals surface area (Å²) in [7, 11) is 0. The maximum absolute atomic E-state index is 12.7. The number of rotatable bonds is 8. The first-order valence-electron chi connectivity index (χ1n) is 9.91. The zero-order chi connectivity index (χ0) is 20.3. The van der Waals surface area contributed by atoms with Crippen molar-refractivity contribution in [3.63, 3.8) is 0 Å². The lowest BCUT2D eigenvalue weighted by molar-refractivity contribution is 0.0943. The van der Waals surface area contributed by atoms with Crippen LogP contribution < -0.4 is 5.32 Å². The number of carbonyl (C=O) groups excluding carboxylic acids is 1. The summed E-state index contributed by atoms with van der Waals surface area (Å²) in [5.41, 5.74) is 2.17. The van der Waals surface area contributed by atoms with Crippen molar-refractivity contribution >= 4 is 27.5 Å². The van der Waals surface area contributed by atoms with Crippen molar-refractivity contribution < 1.29 is 4.79 Å². The topological polar surface area (TPSA) is 50.2 Å². The van der Waals surface area contributed by atoms with E-state index in [-0.39, 0.29) is 5.91 Å². The Kier molecular flexibility index (Phi) is 6.52. The first kappa shape index (κ1) is 20.6. The third-order valence-corrected chi connectivity index (χ3v) is 6.14. The van der Waals surface area contributed by atoms with Crippen molar-refractivity contribution in [2.45, 2.75) is 53.2 Å². The van der Waals surface area contributed by atoms with Gasteiger partial charge in [0.2, 0.25) is 0 Å². The fourth-order valence-electron chi connectivity index (χ4n) is 3.59. The summed E-state index contributed by atoms with van der Waals surface area (Å²) >= 11 is 1.52. The zero-order valence-electron chi connectivity index (χ0n) is 17.4. The largest absolute Gasteiger partial charge is 0.350 e. The van der Waals surface area contributed by atoms with E-state index in [1.165, 1.54) is 16.9 Å². The molecule has 0 aliphatic carbocycles. The van der Waals surface area contributed by atoms with E-state index < -0.39 is 0 Å². The molecular weight excluding hydrogens is 368 g/mol. The van der Waals surface area contributed by atoms with Crippen LogP contribution >= 0.6 is 11.3 Å². The maximum atomic E-state index is 12.7. The number of aromatic nitrogens is 2. The van der Waals surface area contributed by atoms with Gasteiger partial charge in [-0.15, -0.1) is 11.3 Å². The Bertz CT molecular complexity index is 919. The van der Waals surface area contributed by atoms with Gasteiger partial charge in [0.1, 0.15) is 4.83 Å². The van der Waals surface area contributed by atoms with Crippen molar-refractivity contribution in [1.29, 1.82) is 0 Å². The molecule has 0 aliphatic rings. The molecule has 1 amide bonds.